The molecule has 4 amide bonds. The van der Waals surface area contributed by atoms with Crippen LogP contribution in [0.15, 0.2) is 40.3 Å². The molecule has 10 heteroatoms. The second-order valence-electron chi connectivity index (χ2n) is 5.54. The molecule has 2 aromatic rings. The van der Waals surface area contributed by atoms with Crippen molar-refractivity contribution < 1.29 is 22.4 Å². The van der Waals surface area contributed by atoms with Crippen LogP contribution in [0.1, 0.15) is 16.6 Å². The van der Waals surface area contributed by atoms with Crippen LogP contribution in [0.25, 0.3) is 0 Å². The number of hydrogen-bond donors (Lipinski definition) is 1. The average Bonchev–Trinajstić information content (AvgIpc) is 3.28. The SMILES string of the molecule is CS(=O)(=O)N1CCN(C(=O)NCC(c2ccco2)c2cccs2)C1=O. The number of imide groups is 1. The van der Waals surface area contributed by atoms with Gasteiger partial charge < -0.3 is 9.73 Å². The van der Waals surface area contributed by atoms with Gasteiger partial charge in [-0.3, -0.25) is 0 Å². The van der Waals surface area contributed by atoms with Gasteiger partial charge in [-0.1, -0.05) is 6.07 Å². The van der Waals surface area contributed by atoms with Gasteiger partial charge in [-0.25, -0.2) is 27.2 Å². The normalized spacial score (nSPS) is 16.3. The molecule has 0 aromatic carbocycles. The van der Waals surface area contributed by atoms with Crippen molar-refractivity contribution in [2.75, 3.05) is 25.9 Å². The summed E-state index contributed by atoms with van der Waals surface area (Å²) in [6, 6.07) is 5.99. The van der Waals surface area contributed by atoms with E-state index in [2.05, 4.69) is 5.32 Å². The molecule has 1 fully saturated rings. The molecule has 0 spiro atoms. The van der Waals surface area contributed by atoms with Crippen LogP contribution in [-0.4, -0.2) is 55.6 Å². The second kappa shape index (κ2) is 6.89. The van der Waals surface area contributed by atoms with E-state index in [0.29, 0.717) is 10.1 Å². The molecule has 1 N–H and O–H groups in total. The van der Waals surface area contributed by atoms with E-state index in [1.54, 1.807) is 12.3 Å². The van der Waals surface area contributed by atoms with Crippen LogP contribution in [0.4, 0.5) is 9.59 Å². The van der Waals surface area contributed by atoms with Crippen LogP contribution < -0.4 is 5.32 Å². The molecule has 1 unspecified atom stereocenters. The average molecular weight is 383 g/mol. The summed E-state index contributed by atoms with van der Waals surface area (Å²) in [5, 5.41) is 4.63. The Morgan fingerprint density at radius 2 is 2.16 bits per heavy atom. The maximum atomic E-state index is 12.3. The minimum absolute atomic E-state index is 0.0299. The van der Waals surface area contributed by atoms with Gasteiger partial charge in [0.1, 0.15) is 5.76 Å². The van der Waals surface area contributed by atoms with Crippen molar-refractivity contribution in [2.45, 2.75) is 5.92 Å². The van der Waals surface area contributed by atoms with Crippen molar-refractivity contribution in [3.8, 4) is 0 Å². The Kier molecular flexibility index (Phi) is 4.82. The molecule has 2 aromatic heterocycles. The van der Waals surface area contributed by atoms with Crippen LogP contribution in [0.5, 0.6) is 0 Å². The summed E-state index contributed by atoms with van der Waals surface area (Å²) in [5.41, 5.74) is 0. The van der Waals surface area contributed by atoms with Crippen molar-refractivity contribution in [3.05, 3.63) is 46.5 Å². The first-order valence-corrected chi connectivity index (χ1v) is 10.2. The number of hydrogen-bond acceptors (Lipinski definition) is 6. The van der Waals surface area contributed by atoms with Gasteiger partial charge in [0.15, 0.2) is 0 Å². The molecule has 3 rings (SSSR count). The molecular formula is C15H17N3O5S2. The predicted octanol–water partition coefficient (Wildman–Crippen LogP) is 1.88. The largest absolute Gasteiger partial charge is 0.469 e. The van der Waals surface area contributed by atoms with E-state index in [1.807, 2.05) is 23.6 Å². The number of thiophene rings is 1. The Hall–Kier alpha value is -2.33. The first kappa shape index (κ1) is 17.5. The van der Waals surface area contributed by atoms with Crippen LogP contribution >= 0.6 is 11.3 Å². The summed E-state index contributed by atoms with van der Waals surface area (Å²) < 4.78 is 29.2. The number of rotatable bonds is 5. The molecule has 1 saturated heterocycles. The minimum atomic E-state index is -3.67. The lowest BCUT2D eigenvalue weighted by molar-refractivity contribution is 0.193. The van der Waals surface area contributed by atoms with Gasteiger partial charge in [0.05, 0.1) is 31.5 Å². The van der Waals surface area contributed by atoms with E-state index in [0.717, 1.165) is 16.0 Å². The molecule has 0 bridgehead atoms. The number of nitrogens with zero attached hydrogens (tertiary/aromatic N) is 2. The molecule has 0 aliphatic carbocycles. The number of furan rings is 1. The Morgan fingerprint density at radius 1 is 1.36 bits per heavy atom. The van der Waals surface area contributed by atoms with E-state index < -0.39 is 22.1 Å². The number of carbonyl (C=O) groups excluding carboxylic acids is 2. The van der Waals surface area contributed by atoms with Crippen molar-refractivity contribution in [2.24, 2.45) is 0 Å². The lowest BCUT2D eigenvalue weighted by atomic mass is 10.1. The predicted molar refractivity (Wildman–Crippen MR) is 91.9 cm³/mol. The smallest absolute Gasteiger partial charge is 0.341 e. The third-order valence-electron chi connectivity index (χ3n) is 3.85. The lowest BCUT2D eigenvalue weighted by Crippen LogP contribution is -2.44. The van der Waals surface area contributed by atoms with Crippen LogP contribution in [-0.2, 0) is 10.0 Å². The van der Waals surface area contributed by atoms with Crippen molar-refractivity contribution in [1.82, 2.24) is 14.5 Å². The highest BCUT2D eigenvalue weighted by atomic mass is 32.2. The van der Waals surface area contributed by atoms with Crippen molar-refractivity contribution in [3.63, 3.8) is 0 Å². The van der Waals surface area contributed by atoms with E-state index in [9.17, 15) is 18.0 Å². The number of urea groups is 2. The molecule has 1 atom stereocenters. The molecule has 134 valence electrons. The zero-order valence-corrected chi connectivity index (χ0v) is 15.0. The molecule has 0 saturated carbocycles. The molecular weight excluding hydrogens is 366 g/mol. The zero-order chi connectivity index (χ0) is 18.0. The van der Waals surface area contributed by atoms with Gasteiger partial charge in [0.2, 0.25) is 10.0 Å². The van der Waals surface area contributed by atoms with Crippen LogP contribution in [0, 0.1) is 0 Å². The monoisotopic (exact) mass is 383 g/mol. The minimum Gasteiger partial charge on any atom is -0.469 e. The van der Waals surface area contributed by atoms with Gasteiger partial charge in [0.25, 0.3) is 0 Å². The lowest BCUT2D eigenvalue weighted by Gasteiger charge is -2.19. The van der Waals surface area contributed by atoms with E-state index in [1.165, 1.54) is 11.3 Å². The Morgan fingerprint density at radius 3 is 2.72 bits per heavy atom. The van der Waals surface area contributed by atoms with E-state index >= 15 is 0 Å². The number of nitrogens with one attached hydrogen (secondary N) is 1. The van der Waals surface area contributed by atoms with Gasteiger partial charge in [0, 0.05) is 11.4 Å². The molecule has 25 heavy (non-hydrogen) atoms. The van der Waals surface area contributed by atoms with Crippen LogP contribution in [0.2, 0.25) is 0 Å². The fourth-order valence-electron chi connectivity index (χ4n) is 2.62. The fraction of sp³-hybridized carbons (Fsp3) is 0.333. The molecule has 8 nitrogen and oxygen atoms in total. The molecule has 3 heterocycles. The van der Waals surface area contributed by atoms with Gasteiger partial charge in [-0.05, 0) is 23.6 Å². The third kappa shape index (κ3) is 3.69. The van der Waals surface area contributed by atoms with Gasteiger partial charge >= 0.3 is 12.1 Å². The van der Waals surface area contributed by atoms with Gasteiger partial charge in [-0.2, -0.15) is 0 Å². The maximum Gasteiger partial charge on any atom is 0.341 e. The summed E-state index contributed by atoms with van der Waals surface area (Å²) >= 11 is 1.54. The summed E-state index contributed by atoms with van der Waals surface area (Å²) in [4.78, 5) is 26.3. The zero-order valence-electron chi connectivity index (χ0n) is 13.4. The van der Waals surface area contributed by atoms with Gasteiger partial charge in [-0.15, -0.1) is 11.3 Å². The molecule has 1 aliphatic rings. The number of carbonyl (C=O) groups is 2. The standard InChI is InChI=1S/C15H17N3O5S2/c1-25(21,22)18-7-6-17(15(18)20)14(19)16-10-11(12-4-2-8-23-12)13-5-3-9-24-13/h2-5,8-9,11H,6-7,10H2,1H3,(H,16,19). The quantitative estimate of drug-likeness (QED) is 0.850. The molecule has 0 radical (unpaired) electrons. The number of sulfonamides is 1. The second-order valence-corrected chi connectivity index (χ2v) is 8.42. The first-order valence-electron chi connectivity index (χ1n) is 7.52. The van der Waals surface area contributed by atoms with Crippen molar-refractivity contribution >= 4 is 33.4 Å². The highest BCUT2D eigenvalue weighted by Gasteiger charge is 2.38. The summed E-state index contributed by atoms with van der Waals surface area (Å²) in [6.07, 6.45) is 2.50. The Balaban J connectivity index is 1.68. The highest BCUT2D eigenvalue weighted by molar-refractivity contribution is 7.88. The summed E-state index contributed by atoms with van der Waals surface area (Å²) in [6.45, 7) is 0.231. The first-order chi connectivity index (χ1) is 11.9. The summed E-state index contributed by atoms with van der Waals surface area (Å²) in [5.74, 6) is 0.524. The van der Waals surface area contributed by atoms with E-state index in [-0.39, 0.29) is 25.6 Å². The molecule has 1 aliphatic heterocycles. The van der Waals surface area contributed by atoms with Crippen LogP contribution in [0.3, 0.4) is 0 Å². The maximum absolute atomic E-state index is 12.3. The Labute approximate surface area is 149 Å². The fourth-order valence-corrected chi connectivity index (χ4v) is 4.25. The topological polar surface area (TPSA) is 99.9 Å². The summed E-state index contributed by atoms with van der Waals surface area (Å²) in [7, 11) is -3.67. The third-order valence-corrected chi connectivity index (χ3v) is 5.97. The van der Waals surface area contributed by atoms with E-state index in [4.69, 9.17) is 4.42 Å². The Bertz CT molecular complexity index is 812. The van der Waals surface area contributed by atoms with Crippen molar-refractivity contribution in [1.29, 1.82) is 0 Å². The number of amides is 4. The highest BCUT2D eigenvalue weighted by Crippen LogP contribution is 2.28.